The highest BCUT2D eigenvalue weighted by atomic mass is 16.2. The summed E-state index contributed by atoms with van der Waals surface area (Å²) in [6, 6.07) is 14.2. The van der Waals surface area contributed by atoms with Crippen LogP contribution in [0.2, 0.25) is 0 Å². The van der Waals surface area contributed by atoms with Crippen molar-refractivity contribution in [2.45, 2.75) is 38.6 Å². The van der Waals surface area contributed by atoms with Gasteiger partial charge < -0.3 is 16.4 Å². The standard InChI is InChI=1S/C23H24N4O2/c1-15(18-7-6-16-4-2-3-5-19(16)12-18)27-23(29)20(13-24)14-26-22(28)17-8-10-21(25)11-9-17/h6-12,14-15H,2-5,25H2,1H3,(H,26,28)(H,27,29)/b20-14-. The lowest BCUT2D eigenvalue weighted by molar-refractivity contribution is -0.117. The number of hydrogen-bond donors (Lipinski definition) is 3. The number of nitriles is 1. The average Bonchev–Trinajstić information content (AvgIpc) is 2.74. The van der Waals surface area contributed by atoms with Crippen molar-refractivity contribution in [3.63, 3.8) is 0 Å². The van der Waals surface area contributed by atoms with Crippen LogP contribution in [0.4, 0.5) is 5.69 Å². The van der Waals surface area contributed by atoms with Crippen LogP contribution in [0.15, 0.2) is 54.2 Å². The third kappa shape index (κ3) is 5.02. The Balaban J connectivity index is 1.64. The number of amides is 2. The van der Waals surface area contributed by atoms with E-state index < -0.39 is 11.8 Å². The minimum atomic E-state index is -0.532. The molecule has 0 fully saturated rings. The fourth-order valence-corrected chi connectivity index (χ4v) is 3.38. The molecule has 3 rings (SSSR count). The number of nitrogen functional groups attached to an aromatic ring is 1. The van der Waals surface area contributed by atoms with E-state index in [1.54, 1.807) is 24.3 Å². The number of fused-ring (bicyclic) bond motifs is 1. The predicted molar refractivity (Wildman–Crippen MR) is 112 cm³/mol. The smallest absolute Gasteiger partial charge is 0.263 e. The summed E-state index contributed by atoms with van der Waals surface area (Å²) >= 11 is 0. The van der Waals surface area contributed by atoms with Gasteiger partial charge in [-0.2, -0.15) is 5.26 Å². The molecule has 0 aromatic heterocycles. The normalized spacial score (nSPS) is 14.3. The van der Waals surface area contributed by atoms with Crippen molar-refractivity contribution in [1.82, 2.24) is 10.6 Å². The molecule has 2 amide bonds. The maximum atomic E-state index is 12.5. The SMILES string of the molecule is CC(NC(=O)/C(C#N)=C\NC(=O)c1ccc(N)cc1)c1ccc2c(c1)CCCC2. The van der Waals surface area contributed by atoms with Crippen molar-refractivity contribution in [3.05, 3.63) is 76.5 Å². The lowest BCUT2D eigenvalue weighted by Gasteiger charge is -2.20. The van der Waals surface area contributed by atoms with Gasteiger partial charge in [0, 0.05) is 17.5 Å². The minimum absolute atomic E-state index is 0.168. The second-order valence-electron chi connectivity index (χ2n) is 7.20. The monoisotopic (exact) mass is 388 g/mol. The van der Waals surface area contributed by atoms with Crippen LogP contribution in [0.1, 0.15) is 52.9 Å². The maximum absolute atomic E-state index is 12.5. The van der Waals surface area contributed by atoms with Gasteiger partial charge in [-0.05, 0) is 73.6 Å². The molecule has 0 aliphatic heterocycles. The second-order valence-corrected chi connectivity index (χ2v) is 7.20. The lowest BCUT2D eigenvalue weighted by Crippen LogP contribution is -2.29. The zero-order chi connectivity index (χ0) is 20.8. The molecule has 0 saturated heterocycles. The number of hydrogen-bond acceptors (Lipinski definition) is 4. The molecule has 148 valence electrons. The summed E-state index contributed by atoms with van der Waals surface area (Å²) in [6.45, 7) is 1.88. The van der Waals surface area contributed by atoms with Crippen molar-refractivity contribution >= 4 is 17.5 Å². The van der Waals surface area contributed by atoms with Gasteiger partial charge in [0.15, 0.2) is 0 Å². The molecule has 0 bridgehead atoms. The molecule has 1 atom stereocenters. The zero-order valence-corrected chi connectivity index (χ0v) is 16.4. The Morgan fingerprint density at radius 1 is 1.10 bits per heavy atom. The van der Waals surface area contributed by atoms with Gasteiger partial charge in [-0.15, -0.1) is 0 Å². The topological polar surface area (TPSA) is 108 Å². The molecule has 1 aliphatic rings. The van der Waals surface area contributed by atoms with Gasteiger partial charge in [0.1, 0.15) is 11.6 Å². The first-order valence-corrected chi connectivity index (χ1v) is 9.67. The number of rotatable bonds is 5. The summed E-state index contributed by atoms with van der Waals surface area (Å²) in [5.41, 5.74) is 10.1. The van der Waals surface area contributed by atoms with E-state index >= 15 is 0 Å². The maximum Gasteiger partial charge on any atom is 0.263 e. The van der Waals surface area contributed by atoms with Crippen LogP contribution in [0.25, 0.3) is 0 Å². The largest absolute Gasteiger partial charge is 0.399 e. The molecule has 6 heteroatoms. The minimum Gasteiger partial charge on any atom is -0.399 e. The predicted octanol–water partition coefficient (Wildman–Crippen LogP) is 3.16. The van der Waals surface area contributed by atoms with E-state index in [9.17, 15) is 14.9 Å². The molecule has 1 aliphatic carbocycles. The molecule has 2 aromatic carbocycles. The van der Waals surface area contributed by atoms with Crippen LogP contribution >= 0.6 is 0 Å². The third-order valence-electron chi connectivity index (χ3n) is 5.11. The summed E-state index contributed by atoms with van der Waals surface area (Å²) < 4.78 is 0. The van der Waals surface area contributed by atoms with E-state index in [2.05, 4.69) is 22.8 Å². The van der Waals surface area contributed by atoms with Crippen LogP contribution in [-0.2, 0) is 17.6 Å². The summed E-state index contributed by atoms with van der Waals surface area (Å²) in [5.74, 6) is -0.955. The highest BCUT2D eigenvalue weighted by Gasteiger charge is 2.16. The number of benzene rings is 2. The molecular weight excluding hydrogens is 364 g/mol. The second kappa shape index (κ2) is 9.07. The first-order chi connectivity index (χ1) is 14.0. The van der Waals surface area contributed by atoms with Gasteiger partial charge >= 0.3 is 0 Å². The van der Waals surface area contributed by atoms with Crippen LogP contribution in [0.3, 0.4) is 0 Å². The third-order valence-corrected chi connectivity index (χ3v) is 5.11. The van der Waals surface area contributed by atoms with Gasteiger partial charge in [0.25, 0.3) is 11.8 Å². The summed E-state index contributed by atoms with van der Waals surface area (Å²) in [7, 11) is 0. The Hall–Kier alpha value is -3.59. The van der Waals surface area contributed by atoms with E-state index in [0.717, 1.165) is 24.6 Å². The molecule has 29 heavy (non-hydrogen) atoms. The van der Waals surface area contributed by atoms with E-state index in [-0.39, 0.29) is 11.6 Å². The van der Waals surface area contributed by atoms with E-state index in [1.807, 2.05) is 19.1 Å². The van der Waals surface area contributed by atoms with Crippen LogP contribution in [-0.4, -0.2) is 11.8 Å². The van der Waals surface area contributed by atoms with Crippen molar-refractivity contribution in [2.75, 3.05) is 5.73 Å². The molecule has 0 saturated carbocycles. The van der Waals surface area contributed by atoms with E-state index in [4.69, 9.17) is 5.73 Å². The van der Waals surface area contributed by atoms with Crippen LogP contribution in [0, 0.1) is 11.3 Å². The van der Waals surface area contributed by atoms with E-state index in [1.165, 1.54) is 24.0 Å². The Kier molecular flexibility index (Phi) is 6.30. The number of carbonyl (C=O) groups is 2. The zero-order valence-electron chi connectivity index (χ0n) is 16.4. The Labute approximate surface area is 170 Å². The molecule has 6 nitrogen and oxygen atoms in total. The first-order valence-electron chi connectivity index (χ1n) is 9.67. The van der Waals surface area contributed by atoms with Gasteiger partial charge in [-0.3, -0.25) is 9.59 Å². The van der Waals surface area contributed by atoms with Crippen molar-refractivity contribution in [2.24, 2.45) is 0 Å². The number of nitrogens with zero attached hydrogens (tertiary/aromatic N) is 1. The Morgan fingerprint density at radius 2 is 1.79 bits per heavy atom. The lowest BCUT2D eigenvalue weighted by atomic mass is 9.89. The molecule has 0 spiro atoms. The van der Waals surface area contributed by atoms with Gasteiger partial charge in [0.05, 0.1) is 6.04 Å². The number of aryl methyl sites for hydroxylation is 2. The van der Waals surface area contributed by atoms with Crippen molar-refractivity contribution < 1.29 is 9.59 Å². The van der Waals surface area contributed by atoms with Gasteiger partial charge in [0.2, 0.25) is 0 Å². The molecule has 2 aromatic rings. The average molecular weight is 388 g/mol. The molecular formula is C23H24N4O2. The number of carbonyl (C=O) groups excluding carboxylic acids is 2. The van der Waals surface area contributed by atoms with E-state index in [0.29, 0.717) is 11.3 Å². The molecule has 0 heterocycles. The summed E-state index contributed by atoms with van der Waals surface area (Å²) in [4.78, 5) is 24.6. The summed E-state index contributed by atoms with van der Waals surface area (Å²) in [6.07, 6.45) is 5.70. The summed E-state index contributed by atoms with van der Waals surface area (Å²) in [5, 5.41) is 14.6. The molecule has 1 unspecified atom stereocenters. The fraction of sp³-hybridized carbons (Fsp3) is 0.261. The van der Waals surface area contributed by atoms with Crippen molar-refractivity contribution in [3.8, 4) is 6.07 Å². The Morgan fingerprint density at radius 3 is 2.48 bits per heavy atom. The highest BCUT2D eigenvalue weighted by Crippen LogP contribution is 2.24. The highest BCUT2D eigenvalue weighted by molar-refractivity contribution is 5.99. The number of nitrogens with one attached hydrogen (secondary N) is 2. The quantitative estimate of drug-likeness (QED) is 0.415. The first kappa shape index (κ1) is 20.2. The van der Waals surface area contributed by atoms with Crippen LogP contribution < -0.4 is 16.4 Å². The van der Waals surface area contributed by atoms with Crippen LogP contribution in [0.5, 0.6) is 0 Å². The van der Waals surface area contributed by atoms with Gasteiger partial charge in [-0.25, -0.2) is 0 Å². The molecule has 0 radical (unpaired) electrons. The Bertz CT molecular complexity index is 987. The van der Waals surface area contributed by atoms with Crippen molar-refractivity contribution in [1.29, 1.82) is 5.26 Å². The van der Waals surface area contributed by atoms with Gasteiger partial charge in [-0.1, -0.05) is 18.2 Å². The molecule has 4 N–H and O–H groups in total. The fourth-order valence-electron chi connectivity index (χ4n) is 3.38. The number of anilines is 1. The number of nitrogens with two attached hydrogens (primary N) is 1.